The van der Waals surface area contributed by atoms with Crippen molar-refractivity contribution in [2.24, 2.45) is 0 Å². The van der Waals surface area contributed by atoms with Crippen LogP contribution in [-0.4, -0.2) is 47.8 Å². The topological polar surface area (TPSA) is 78.9 Å². The minimum absolute atomic E-state index is 0.247. The summed E-state index contributed by atoms with van der Waals surface area (Å²) < 4.78 is 5.15. The Balaban J connectivity index is 1.97. The third-order valence-electron chi connectivity index (χ3n) is 3.47. The molecule has 1 heterocycles. The van der Waals surface area contributed by atoms with Crippen molar-refractivity contribution in [3.63, 3.8) is 0 Å². The van der Waals surface area contributed by atoms with Crippen LogP contribution >= 0.6 is 11.6 Å². The molecule has 2 rings (SSSR count). The fourth-order valence-corrected chi connectivity index (χ4v) is 2.57. The summed E-state index contributed by atoms with van der Waals surface area (Å²) in [6, 6.07) is 5.86. The molecule has 0 aromatic heterocycles. The number of likely N-dealkylation sites (tertiary alicyclic amines) is 1. The van der Waals surface area contributed by atoms with E-state index in [4.69, 9.17) is 16.3 Å². The molecule has 1 saturated heterocycles. The second-order valence-corrected chi connectivity index (χ2v) is 5.32. The number of urea groups is 1. The number of aliphatic carboxylic acids is 1. The Bertz CT molecular complexity index is 537. The molecule has 1 fully saturated rings. The summed E-state index contributed by atoms with van der Waals surface area (Å²) in [6.07, 6.45) is 0.0548. The second kappa shape index (κ2) is 6.78. The van der Waals surface area contributed by atoms with Gasteiger partial charge in [0.1, 0.15) is 6.04 Å². The monoisotopic (exact) mass is 312 g/mol. The van der Waals surface area contributed by atoms with Crippen LogP contribution in [0.15, 0.2) is 24.3 Å². The largest absolute Gasteiger partial charge is 0.480 e. The average molecular weight is 313 g/mol. The standard InChI is InChI=1S/C14H17ClN2O4/c1-21-11-6-12(13(18)19)17(8-11)14(20)16-7-9-3-2-4-10(15)5-9/h2-5,11-12H,6-8H2,1H3,(H,16,20)(H,18,19). The molecule has 0 spiro atoms. The summed E-state index contributed by atoms with van der Waals surface area (Å²) in [6.45, 7) is 0.564. The Hall–Kier alpha value is -1.79. The normalized spacial score (nSPS) is 21.3. The van der Waals surface area contributed by atoms with Crippen LogP contribution < -0.4 is 5.32 Å². The number of ether oxygens (including phenoxy) is 1. The molecule has 7 heteroatoms. The van der Waals surface area contributed by atoms with Crippen molar-refractivity contribution < 1.29 is 19.4 Å². The van der Waals surface area contributed by atoms with Gasteiger partial charge in [-0.2, -0.15) is 0 Å². The molecule has 0 aliphatic carbocycles. The Morgan fingerprint density at radius 2 is 2.29 bits per heavy atom. The van der Waals surface area contributed by atoms with Gasteiger partial charge in [-0.15, -0.1) is 0 Å². The maximum atomic E-state index is 12.1. The molecule has 1 aromatic rings. The van der Waals surface area contributed by atoms with E-state index in [2.05, 4.69) is 5.32 Å². The van der Waals surface area contributed by atoms with E-state index in [1.165, 1.54) is 12.0 Å². The average Bonchev–Trinajstić information content (AvgIpc) is 2.89. The minimum atomic E-state index is -1.02. The number of halogens is 1. The number of carbonyl (C=O) groups excluding carboxylic acids is 1. The molecule has 2 unspecified atom stereocenters. The Kier molecular flexibility index (Phi) is 5.03. The number of rotatable bonds is 4. The predicted molar refractivity (Wildman–Crippen MR) is 77.2 cm³/mol. The van der Waals surface area contributed by atoms with Crippen LogP contribution in [0.25, 0.3) is 0 Å². The van der Waals surface area contributed by atoms with E-state index < -0.39 is 18.0 Å². The number of hydrogen-bond acceptors (Lipinski definition) is 3. The van der Waals surface area contributed by atoms with Gasteiger partial charge < -0.3 is 20.1 Å². The van der Waals surface area contributed by atoms with Crippen LogP contribution in [0.3, 0.4) is 0 Å². The Morgan fingerprint density at radius 1 is 1.52 bits per heavy atom. The smallest absolute Gasteiger partial charge is 0.326 e. The molecular weight excluding hydrogens is 296 g/mol. The summed E-state index contributed by atoms with van der Waals surface area (Å²) in [5, 5.41) is 12.5. The highest BCUT2D eigenvalue weighted by atomic mass is 35.5. The lowest BCUT2D eigenvalue weighted by Gasteiger charge is -2.21. The summed E-state index contributed by atoms with van der Waals surface area (Å²) in [4.78, 5) is 24.6. The van der Waals surface area contributed by atoms with E-state index in [-0.39, 0.29) is 12.6 Å². The van der Waals surface area contributed by atoms with Crippen LogP contribution in [0.1, 0.15) is 12.0 Å². The number of nitrogens with zero attached hydrogens (tertiary/aromatic N) is 1. The predicted octanol–water partition coefficient (Wildman–Crippen LogP) is 1.72. The number of methoxy groups -OCH3 is 1. The molecule has 2 atom stereocenters. The zero-order valence-electron chi connectivity index (χ0n) is 11.6. The molecule has 2 N–H and O–H groups in total. The molecule has 1 aliphatic heterocycles. The van der Waals surface area contributed by atoms with E-state index in [0.29, 0.717) is 18.0 Å². The molecule has 114 valence electrons. The molecule has 1 aromatic carbocycles. The molecule has 0 radical (unpaired) electrons. The zero-order chi connectivity index (χ0) is 15.4. The van der Waals surface area contributed by atoms with Crippen molar-refractivity contribution in [3.8, 4) is 0 Å². The number of benzene rings is 1. The van der Waals surface area contributed by atoms with Gasteiger partial charge in [-0.25, -0.2) is 9.59 Å². The van der Waals surface area contributed by atoms with Crippen molar-refractivity contribution in [3.05, 3.63) is 34.9 Å². The quantitative estimate of drug-likeness (QED) is 0.887. The maximum Gasteiger partial charge on any atom is 0.326 e. The SMILES string of the molecule is COC1CC(C(=O)O)N(C(=O)NCc2cccc(Cl)c2)C1. The third kappa shape index (κ3) is 3.86. The summed E-state index contributed by atoms with van der Waals surface area (Å²) in [5.41, 5.74) is 0.852. The Labute approximate surface area is 127 Å². The fraction of sp³-hybridized carbons (Fsp3) is 0.429. The number of nitrogens with one attached hydrogen (secondary N) is 1. The summed E-state index contributed by atoms with van der Waals surface area (Å²) in [5.74, 6) is -1.02. The van der Waals surface area contributed by atoms with Crippen molar-refractivity contribution in [1.29, 1.82) is 0 Å². The number of carboxylic acids is 1. The van der Waals surface area contributed by atoms with Crippen LogP contribution in [0.4, 0.5) is 4.79 Å². The lowest BCUT2D eigenvalue weighted by molar-refractivity contribution is -0.141. The van der Waals surface area contributed by atoms with Gasteiger partial charge in [0.2, 0.25) is 0 Å². The first-order chi connectivity index (χ1) is 10.0. The fourth-order valence-electron chi connectivity index (χ4n) is 2.35. The van der Waals surface area contributed by atoms with Gasteiger partial charge >= 0.3 is 12.0 Å². The molecule has 1 aliphatic rings. The minimum Gasteiger partial charge on any atom is -0.480 e. The molecule has 21 heavy (non-hydrogen) atoms. The highest BCUT2D eigenvalue weighted by molar-refractivity contribution is 6.30. The van der Waals surface area contributed by atoms with Gasteiger partial charge in [-0.05, 0) is 17.7 Å². The second-order valence-electron chi connectivity index (χ2n) is 4.89. The number of hydrogen-bond donors (Lipinski definition) is 2. The van der Waals surface area contributed by atoms with Gasteiger partial charge in [0.05, 0.1) is 6.10 Å². The van der Waals surface area contributed by atoms with E-state index >= 15 is 0 Å². The molecule has 0 bridgehead atoms. The summed E-state index contributed by atoms with van der Waals surface area (Å²) >= 11 is 5.87. The van der Waals surface area contributed by atoms with Crippen molar-refractivity contribution in [2.75, 3.05) is 13.7 Å². The van der Waals surface area contributed by atoms with Gasteiger partial charge in [-0.3, -0.25) is 0 Å². The molecular formula is C14H17ClN2O4. The highest BCUT2D eigenvalue weighted by Crippen LogP contribution is 2.20. The summed E-state index contributed by atoms with van der Waals surface area (Å²) in [7, 11) is 1.51. The Morgan fingerprint density at radius 3 is 2.90 bits per heavy atom. The first-order valence-corrected chi connectivity index (χ1v) is 6.93. The number of carboxylic acid groups (broad SMARTS) is 1. The van der Waals surface area contributed by atoms with Crippen LogP contribution in [-0.2, 0) is 16.1 Å². The van der Waals surface area contributed by atoms with Gasteiger partial charge in [-0.1, -0.05) is 23.7 Å². The lowest BCUT2D eigenvalue weighted by Crippen LogP contribution is -2.46. The first kappa shape index (κ1) is 15.6. The molecule has 6 nitrogen and oxygen atoms in total. The van der Waals surface area contributed by atoms with Crippen LogP contribution in [0, 0.1) is 0 Å². The molecule has 0 saturated carbocycles. The van der Waals surface area contributed by atoms with Gasteiger partial charge in [0.25, 0.3) is 0 Å². The van der Waals surface area contributed by atoms with Gasteiger partial charge in [0.15, 0.2) is 0 Å². The zero-order valence-corrected chi connectivity index (χ0v) is 12.3. The van der Waals surface area contributed by atoms with E-state index in [0.717, 1.165) is 5.56 Å². The highest BCUT2D eigenvalue weighted by Gasteiger charge is 2.39. The van der Waals surface area contributed by atoms with Crippen LogP contribution in [0.2, 0.25) is 5.02 Å². The lowest BCUT2D eigenvalue weighted by atomic mass is 10.2. The van der Waals surface area contributed by atoms with Crippen molar-refractivity contribution in [1.82, 2.24) is 10.2 Å². The van der Waals surface area contributed by atoms with Gasteiger partial charge in [0, 0.05) is 31.6 Å². The third-order valence-corrected chi connectivity index (χ3v) is 3.71. The number of amides is 2. The van der Waals surface area contributed by atoms with E-state index in [1.54, 1.807) is 18.2 Å². The van der Waals surface area contributed by atoms with Crippen molar-refractivity contribution >= 4 is 23.6 Å². The van der Waals surface area contributed by atoms with Crippen LogP contribution in [0.5, 0.6) is 0 Å². The van der Waals surface area contributed by atoms with Crippen molar-refractivity contribution in [2.45, 2.75) is 25.1 Å². The molecule has 2 amide bonds. The maximum absolute atomic E-state index is 12.1. The van der Waals surface area contributed by atoms with E-state index in [1.807, 2.05) is 6.07 Å². The van der Waals surface area contributed by atoms with E-state index in [9.17, 15) is 14.7 Å². The number of carbonyl (C=O) groups is 2. The first-order valence-electron chi connectivity index (χ1n) is 6.55.